The molecule has 1 aromatic rings. The summed E-state index contributed by atoms with van der Waals surface area (Å²) >= 11 is 2.06. The average Bonchev–Trinajstić information content (AvgIpc) is 2.83. The Labute approximate surface area is 82.7 Å². The van der Waals surface area contributed by atoms with E-state index < -0.39 is 0 Å². The van der Waals surface area contributed by atoms with Gasteiger partial charge >= 0.3 is 0 Å². The molecule has 0 saturated heterocycles. The average molecular weight is 191 g/mol. The zero-order chi connectivity index (χ0) is 8.89. The molecule has 3 rings (SSSR count). The number of rotatable bonds is 1. The molecule has 0 aromatic heterocycles. The third-order valence-corrected chi connectivity index (χ3v) is 4.91. The van der Waals surface area contributed by atoms with Crippen molar-refractivity contribution in [2.24, 2.45) is 5.73 Å². The van der Waals surface area contributed by atoms with Crippen molar-refractivity contribution < 1.29 is 0 Å². The molecular formula is C11H13NS. The fourth-order valence-electron chi connectivity index (χ4n) is 2.35. The lowest BCUT2D eigenvalue weighted by Gasteiger charge is -2.15. The third-order valence-electron chi connectivity index (χ3n) is 3.22. The van der Waals surface area contributed by atoms with Crippen molar-refractivity contribution in [1.82, 2.24) is 0 Å². The van der Waals surface area contributed by atoms with Crippen LogP contribution in [-0.2, 0) is 0 Å². The molecule has 2 heteroatoms. The highest BCUT2D eigenvalue weighted by Gasteiger charge is 2.54. The van der Waals surface area contributed by atoms with Crippen LogP contribution in [0.4, 0.5) is 0 Å². The van der Waals surface area contributed by atoms with Crippen LogP contribution in [0.2, 0.25) is 0 Å². The monoisotopic (exact) mass is 191 g/mol. The molecule has 1 nitrogen and oxygen atoms in total. The van der Waals surface area contributed by atoms with Crippen LogP contribution in [0, 0.1) is 0 Å². The Morgan fingerprint density at radius 1 is 1.38 bits per heavy atom. The lowest BCUT2D eigenvalue weighted by atomic mass is 9.94. The highest BCUT2D eigenvalue weighted by atomic mass is 32.2. The van der Waals surface area contributed by atoms with Crippen LogP contribution in [-0.4, -0.2) is 11.3 Å². The van der Waals surface area contributed by atoms with Gasteiger partial charge in [0.1, 0.15) is 0 Å². The number of hydrogen-bond donors (Lipinski definition) is 1. The van der Waals surface area contributed by atoms with E-state index in [1.165, 1.54) is 23.3 Å². The molecule has 0 bridgehead atoms. The molecule has 0 radical (unpaired) electrons. The molecule has 1 atom stereocenters. The maximum absolute atomic E-state index is 5.85. The Bertz CT molecular complexity index is 344. The van der Waals surface area contributed by atoms with Gasteiger partial charge in [-0.15, -0.1) is 11.8 Å². The summed E-state index contributed by atoms with van der Waals surface area (Å²) in [5, 5.41) is 0. The molecule has 1 spiro atoms. The van der Waals surface area contributed by atoms with Crippen molar-refractivity contribution in [3.63, 3.8) is 0 Å². The van der Waals surface area contributed by atoms with Crippen molar-refractivity contribution >= 4 is 11.8 Å². The van der Waals surface area contributed by atoms with E-state index in [2.05, 4.69) is 36.0 Å². The second kappa shape index (κ2) is 2.52. The lowest BCUT2D eigenvalue weighted by Crippen LogP contribution is -2.20. The van der Waals surface area contributed by atoms with E-state index in [0.717, 1.165) is 6.54 Å². The highest BCUT2D eigenvalue weighted by molar-refractivity contribution is 8.01. The largest absolute Gasteiger partial charge is 0.330 e. The van der Waals surface area contributed by atoms with Gasteiger partial charge in [-0.25, -0.2) is 0 Å². The van der Waals surface area contributed by atoms with Crippen molar-refractivity contribution in [3.8, 4) is 0 Å². The maximum atomic E-state index is 5.85. The molecule has 1 fully saturated rings. The van der Waals surface area contributed by atoms with Gasteiger partial charge in [-0.05, 0) is 24.5 Å². The van der Waals surface area contributed by atoms with Gasteiger partial charge in [-0.2, -0.15) is 0 Å². The topological polar surface area (TPSA) is 26.0 Å². The van der Waals surface area contributed by atoms with E-state index in [1.54, 1.807) is 0 Å². The molecule has 1 unspecified atom stereocenters. The van der Waals surface area contributed by atoms with Gasteiger partial charge in [0.05, 0.1) is 0 Å². The van der Waals surface area contributed by atoms with Gasteiger partial charge in [0.2, 0.25) is 0 Å². The first-order valence-electron chi connectivity index (χ1n) is 4.84. The fourth-order valence-corrected chi connectivity index (χ4v) is 3.93. The van der Waals surface area contributed by atoms with Gasteiger partial charge in [0.25, 0.3) is 0 Å². The van der Waals surface area contributed by atoms with Gasteiger partial charge in [0.15, 0.2) is 0 Å². The first kappa shape index (κ1) is 7.89. The summed E-state index contributed by atoms with van der Waals surface area (Å²) in [6.45, 7) is 0.810. The molecule has 2 aliphatic rings. The summed E-state index contributed by atoms with van der Waals surface area (Å²) in [4.78, 5) is 1.47. The zero-order valence-electron chi connectivity index (χ0n) is 7.49. The molecule has 2 N–H and O–H groups in total. The lowest BCUT2D eigenvalue weighted by molar-refractivity contribution is 0.662. The van der Waals surface area contributed by atoms with E-state index >= 15 is 0 Å². The van der Waals surface area contributed by atoms with Crippen LogP contribution in [0.25, 0.3) is 0 Å². The Hall–Kier alpha value is -0.470. The summed E-state index contributed by atoms with van der Waals surface area (Å²) in [5.74, 6) is 0.619. The van der Waals surface area contributed by atoms with E-state index in [1.807, 2.05) is 0 Å². The molecule has 1 saturated carbocycles. The SMILES string of the molecule is NCC1c2ccccc2SC12CC2. The molecule has 0 amide bonds. The summed E-state index contributed by atoms with van der Waals surface area (Å²) in [6, 6.07) is 8.73. The third kappa shape index (κ3) is 0.990. The minimum atomic E-state index is 0.512. The zero-order valence-corrected chi connectivity index (χ0v) is 8.31. The highest BCUT2D eigenvalue weighted by Crippen LogP contribution is 2.65. The standard InChI is InChI=1S/C11H13NS/c12-7-9-8-3-1-2-4-10(8)13-11(9)5-6-11/h1-4,9H,5-7,12H2. The summed E-state index contributed by atoms with van der Waals surface area (Å²) in [5.41, 5.74) is 7.34. The molecule has 1 aliphatic carbocycles. The first-order chi connectivity index (χ1) is 6.36. The van der Waals surface area contributed by atoms with Gasteiger partial charge in [-0.3, -0.25) is 0 Å². The number of nitrogens with two attached hydrogens (primary N) is 1. The second-order valence-corrected chi connectivity index (χ2v) is 5.45. The fraction of sp³-hybridized carbons (Fsp3) is 0.455. The Morgan fingerprint density at radius 3 is 2.85 bits per heavy atom. The Morgan fingerprint density at radius 2 is 2.15 bits per heavy atom. The molecular weight excluding hydrogens is 178 g/mol. The Balaban J connectivity index is 2.09. The number of thioether (sulfide) groups is 1. The molecule has 68 valence electrons. The second-order valence-electron chi connectivity index (χ2n) is 3.99. The summed E-state index contributed by atoms with van der Waals surface area (Å²) < 4.78 is 0.512. The predicted octanol–water partition coefficient (Wildman–Crippen LogP) is 2.37. The normalized spacial score (nSPS) is 27.6. The van der Waals surface area contributed by atoms with E-state index in [0.29, 0.717) is 10.7 Å². The molecule has 1 aromatic carbocycles. The molecule has 1 aliphatic heterocycles. The van der Waals surface area contributed by atoms with Crippen LogP contribution in [0.1, 0.15) is 24.3 Å². The van der Waals surface area contributed by atoms with Crippen LogP contribution in [0.3, 0.4) is 0 Å². The smallest absolute Gasteiger partial charge is 0.0289 e. The number of hydrogen-bond acceptors (Lipinski definition) is 2. The quantitative estimate of drug-likeness (QED) is 0.737. The maximum Gasteiger partial charge on any atom is 0.0289 e. The van der Waals surface area contributed by atoms with Gasteiger partial charge < -0.3 is 5.73 Å². The van der Waals surface area contributed by atoms with Crippen molar-refractivity contribution in [3.05, 3.63) is 29.8 Å². The minimum Gasteiger partial charge on any atom is -0.330 e. The number of benzene rings is 1. The van der Waals surface area contributed by atoms with Crippen LogP contribution < -0.4 is 5.73 Å². The minimum absolute atomic E-state index is 0.512. The van der Waals surface area contributed by atoms with Gasteiger partial charge in [0, 0.05) is 22.1 Å². The van der Waals surface area contributed by atoms with Crippen LogP contribution >= 0.6 is 11.8 Å². The first-order valence-corrected chi connectivity index (χ1v) is 5.65. The van der Waals surface area contributed by atoms with E-state index in [-0.39, 0.29) is 0 Å². The van der Waals surface area contributed by atoms with Crippen molar-refractivity contribution in [2.75, 3.05) is 6.54 Å². The van der Waals surface area contributed by atoms with Crippen molar-refractivity contribution in [1.29, 1.82) is 0 Å². The number of fused-ring (bicyclic) bond motifs is 1. The van der Waals surface area contributed by atoms with E-state index in [4.69, 9.17) is 5.73 Å². The van der Waals surface area contributed by atoms with E-state index in [9.17, 15) is 0 Å². The van der Waals surface area contributed by atoms with Crippen molar-refractivity contribution in [2.45, 2.75) is 28.4 Å². The Kier molecular flexibility index (Phi) is 1.53. The van der Waals surface area contributed by atoms with Gasteiger partial charge in [-0.1, -0.05) is 18.2 Å². The predicted molar refractivity (Wildman–Crippen MR) is 56.1 cm³/mol. The summed E-state index contributed by atoms with van der Waals surface area (Å²) in [6.07, 6.45) is 2.71. The van der Waals surface area contributed by atoms with Crippen LogP contribution in [0.15, 0.2) is 29.2 Å². The molecule has 1 heterocycles. The van der Waals surface area contributed by atoms with Crippen LogP contribution in [0.5, 0.6) is 0 Å². The summed E-state index contributed by atoms with van der Waals surface area (Å²) in [7, 11) is 0. The molecule has 13 heavy (non-hydrogen) atoms.